The van der Waals surface area contributed by atoms with Gasteiger partial charge < -0.3 is 14.9 Å². The summed E-state index contributed by atoms with van der Waals surface area (Å²) in [6, 6.07) is 14.2. The number of phenolic OH excluding ortho intramolecular Hbond substituents is 1. The fourth-order valence-electron chi connectivity index (χ4n) is 2.44. The van der Waals surface area contributed by atoms with Crippen LogP contribution >= 0.6 is 11.3 Å². The van der Waals surface area contributed by atoms with Crippen molar-refractivity contribution in [1.82, 2.24) is 10.1 Å². The fraction of sp³-hybridized carbons (Fsp3) is 0.0556. The van der Waals surface area contributed by atoms with Crippen LogP contribution in [0, 0.1) is 6.92 Å². The first kappa shape index (κ1) is 15.3. The second kappa shape index (κ2) is 6.03. The van der Waals surface area contributed by atoms with E-state index >= 15 is 0 Å². The van der Waals surface area contributed by atoms with Crippen molar-refractivity contribution in [3.63, 3.8) is 0 Å². The highest BCUT2D eigenvalue weighted by molar-refractivity contribution is 7.21. The number of anilines is 1. The Morgan fingerprint density at radius 1 is 1.20 bits per heavy atom. The van der Waals surface area contributed by atoms with Gasteiger partial charge in [-0.3, -0.25) is 4.79 Å². The van der Waals surface area contributed by atoms with Crippen LogP contribution in [0.5, 0.6) is 5.75 Å². The van der Waals surface area contributed by atoms with E-state index in [4.69, 9.17) is 4.52 Å². The summed E-state index contributed by atoms with van der Waals surface area (Å²) >= 11 is 1.48. The second-order valence-corrected chi connectivity index (χ2v) is 6.53. The van der Waals surface area contributed by atoms with Crippen LogP contribution in [-0.2, 0) is 0 Å². The lowest BCUT2D eigenvalue weighted by atomic mass is 10.2. The molecule has 124 valence electrons. The number of aromatic hydroxyl groups is 1. The highest BCUT2D eigenvalue weighted by Gasteiger charge is 2.14. The number of carbonyl (C=O) groups excluding carboxylic acids is 1. The van der Waals surface area contributed by atoms with Crippen LogP contribution in [0.1, 0.15) is 16.2 Å². The van der Waals surface area contributed by atoms with Crippen molar-refractivity contribution in [1.29, 1.82) is 0 Å². The molecular weight excluding hydrogens is 338 g/mol. The van der Waals surface area contributed by atoms with Crippen molar-refractivity contribution in [2.75, 3.05) is 5.32 Å². The lowest BCUT2D eigenvalue weighted by Crippen LogP contribution is -2.12. The van der Waals surface area contributed by atoms with Crippen LogP contribution in [0.2, 0.25) is 0 Å². The van der Waals surface area contributed by atoms with Crippen molar-refractivity contribution in [3.05, 3.63) is 60.0 Å². The minimum Gasteiger partial charge on any atom is -0.507 e. The summed E-state index contributed by atoms with van der Waals surface area (Å²) < 4.78 is 5.94. The van der Waals surface area contributed by atoms with E-state index in [0.29, 0.717) is 22.0 Å². The number of nitrogens with zero attached hydrogens (tertiary/aromatic N) is 2. The van der Waals surface area contributed by atoms with E-state index in [2.05, 4.69) is 15.5 Å². The zero-order valence-electron chi connectivity index (χ0n) is 13.2. The van der Waals surface area contributed by atoms with E-state index in [1.807, 2.05) is 24.3 Å². The minimum absolute atomic E-state index is 0.106. The molecule has 0 aliphatic heterocycles. The molecule has 6 nitrogen and oxygen atoms in total. The molecule has 0 atom stereocenters. The third kappa shape index (κ3) is 2.97. The van der Waals surface area contributed by atoms with E-state index in [1.165, 1.54) is 17.4 Å². The number of rotatable bonds is 3. The molecule has 2 heterocycles. The van der Waals surface area contributed by atoms with E-state index in [-0.39, 0.29) is 17.4 Å². The average molecular weight is 351 g/mol. The Morgan fingerprint density at radius 3 is 2.80 bits per heavy atom. The number of hydrogen-bond donors (Lipinski definition) is 2. The summed E-state index contributed by atoms with van der Waals surface area (Å²) in [6.45, 7) is 1.72. The monoisotopic (exact) mass is 351 g/mol. The number of thiazole rings is 1. The van der Waals surface area contributed by atoms with Gasteiger partial charge in [-0.15, -0.1) is 11.3 Å². The summed E-state index contributed by atoms with van der Waals surface area (Å²) in [5, 5.41) is 17.3. The Labute approximate surface area is 146 Å². The molecule has 0 saturated heterocycles. The van der Waals surface area contributed by atoms with Crippen LogP contribution in [0.25, 0.3) is 20.8 Å². The summed E-state index contributed by atoms with van der Waals surface area (Å²) in [4.78, 5) is 16.7. The first-order valence-electron chi connectivity index (χ1n) is 7.54. The van der Waals surface area contributed by atoms with Gasteiger partial charge in [0, 0.05) is 11.8 Å². The van der Waals surface area contributed by atoms with Gasteiger partial charge in [0.2, 0.25) is 0 Å². The Hall–Kier alpha value is -3.19. The first-order chi connectivity index (χ1) is 12.1. The smallest absolute Gasteiger partial charge is 0.277 e. The number of phenols is 1. The van der Waals surface area contributed by atoms with Gasteiger partial charge in [-0.1, -0.05) is 17.3 Å². The molecule has 0 aliphatic carbocycles. The molecule has 0 saturated carbocycles. The van der Waals surface area contributed by atoms with Crippen molar-refractivity contribution >= 4 is 33.1 Å². The number of para-hydroxylation sites is 1. The van der Waals surface area contributed by atoms with Gasteiger partial charge in [0.25, 0.3) is 5.91 Å². The lowest BCUT2D eigenvalue weighted by molar-refractivity contribution is 0.101. The number of benzene rings is 2. The molecule has 7 heteroatoms. The fourth-order valence-corrected chi connectivity index (χ4v) is 3.43. The van der Waals surface area contributed by atoms with E-state index in [0.717, 1.165) is 10.2 Å². The van der Waals surface area contributed by atoms with Crippen LogP contribution in [0.3, 0.4) is 0 Å². The zero-order chi connectivity index (χ0) is 17.4. The molecule has 0 bridgehead atoms. The summed E-state index contributed by atoms with van der Waals surface area (Å²) in [6.07, 6.45) is 0. The quantitative estimate of drug-likeness (QED) is 0.540. The molecule has 2 N–H and O–H groups in total. The predicted molar refractivity (Wildman–Crippen MR) is 95.9 cm³/mol. The number of nitrogens with one attached hydrogen (secondary N) is 1. The Morgan fingerprint density at radius 2 is 2.04 bits per heavy atom. The van der Waals surface area contributed by atoms with Crippen LogP contribution in [0.4, 0.5) is 5.69 Å². The SMILES string of the molecule is Cc1cc(C(=O)Nc2ccc(O)c(-c3nc4ccccc4s3)c2)no1. The molecule has 0 aliphatic rings. The van der Waals surface area contributed by atoms with Gasteiger partial charge in [-0.2, -0.15) is 0 Å². The standard InChI is InChI=1S/C18H13N3O3S/c1-10-8-14(21-24-10)17(23)19-11-6-7-15(22)12(9-11)18-20-13-4-2-3-5-16(13)25-18/h2-9,22H,1H3,(H,19,23). The van der Waals surface area contributed by atoms with Crippen molar-refractivity contribution in [2.24, 2.45) is 0 Å². The third-order valence-corrected chi connectivity index (χ3v) is 4.71. The maximum Gasteiger partial charge on any atom is 0.277 e. The van der Waals surface area contributed by atoms with Crippen LogP contribution in [-0.4, -0.2) is 21.2 Å². The molecule has 0 fully saturated rings. The number of hydrogen-bond acceptors (Lipinski definition) is 6. The molecule has 0 spiro atoms. The Kier molecular flexibility index (Phi) is 3.70. The number of fused-ring (bicyclic) bond motifs is 1. The molecular formula is C18H13N3O3S. The summed E-state index contributed by atoms with van der Waals surface area (Å²) in [7, 11) is 0. The minimum atomic E-state index is -0.377. The van der Waals surface area contributed by atoms with Crippen molar-refractivity contribution in [3.8, 4) is 16.3 Å². The Bertz CT molecular complexity index is 1050. The first-order valence-corrected chi connectivity index (χ1v) is 8.35. The molecule has 0 unspecified atom stereocenters. The van der Waals surface area contributed by atoms with Crippen LogP contribution in [0.15, 0.2) is 53.1 Å². The normalized spacial score (nSPS) is 10.9. The Balaban J connectivity index is 1.67. The van der Waals surface area contributed by atoms with Gasteiger partial charge in [0.1, 0.15) is 16.5 Å². The highest BCUT2D eigenvalue weighted by atomic mass is 32.1. The largest absolute Gasteiger partial charge is 0.507 e. The molecule has 2 aromatic carbocycles. The summed E-state index contributed by atoms with van der Waals surface area (Å²) in [5.41, 5.74) is 2.18. The average Bonchev–Trinajstić information content (AvgIpc) is 3.22. The molecule has 2 aromatic heterocycles. The third-order valence-electron chi connectivity index (χ3n) is 3.64. The van der Waals surface area contributed by atoms with Crippen LogP contribution < -0.4 is 5.32 Å². The maximum absolute atomic E-state index is 12.2. The van der Waals surface area contributed by atoms with Crippen molar-refractivity contribution in [2.45, 2.75) is 6.92 Å². The zero-order valence-corrected chi connectivity index (χ0v) is 14.0. The number of carbonyl (C=O) groups is 1. The highest BCUT2D eigenvalue weighted by Crippen LogP contribution is 2.36. The van der Waals surface area contributed by atoms with Crippen molar-refractivity contribution < 1.29 is 14.4 Å². The maximum atomic E-state index is 12.2. The molecule has 1 amide bonds. The van der Waals surface area contributed by atoms with Gasteiger partial charge in [-0.05, 0) is 37.3 Å². The van der Waals surface area contributed by atoms with E-state index in [9.17, 15) is 9.90 Å². The molecule has 0 radical (unpaired) electrons. The predicted octanol–water partition coefficient (Wildman–Crippen LogP) is 4.22. The molecule has 4 aromatic rings. The number of amides is 1. The van der Waals surface area contributed by atoms with Gasteiger partial charge in [0.05, 0.1) is 15.8 Å². The number of aryl methyl sites for hydroxylation is 1. The molecule has 25 heavy (non-hydrogen) atoms. The molecule has 4 rings (SSSR count). The van der Waals surface area contributed by atoms with E-state index in [1.54, 1.807) is 25.1 Å². The topological polar surface area (TPSA) is 88.2 Å². The van der Waals surface area contributed by atoms with E-state index < -0.39 is 0 Å². The van der Waals surface area contributed by atoms with Gasteiger partial charge >= 0.3 is 0 Å². The lowest BCUT2D eigenvalue weighted by Gasteiger charge is -2.06. The van der Waals surface area contributed by atoms with Gasteiger partial charge in [-0.25, -0.2) is 4.98 Å². The summed E-state index contributed by atoms with van der Waals surface area (Å²) in [5.74, 6) is 0.290. The number of aromatic nitrogens is 2. The van der Waals surface area contributed by atoms with Gasteiger partial charge in [0.15, 0.2) is 5.69 Å². The second-order valence-electron chi connectivity index (χ2n) is 5.50.